The summed E-state index contributed by atoms with van der Waals surface area (Å²) in [5.41, 5.74) is 10.8. The van der Waals surface area contributed by atoms with Gasteiger partial charge in [-0.2, -0.15) is 0 Å². The van der Waals surface area contributed by atoms with Crippen molar-refractivity contribution in [2.24, 2.45) is 11.8 Å². The van der Waals surface area contributed by atoms with Gasteiger partial charge in [0.15, 0.2) is 0 Å². The molecule has 35 heavy (non-hydrogen) atoms. The summed E-state index contributed by atoms with van der Waals surface area (Å²) in [7, 11) is 0. The van der Waals surface area contributed by atoms with Crippen molar-refractivity contribution < 1.29 is 0 Å². The Labute approximate surface area is 214 Å². The number of rotatable bonds is 9. The van der Waals surface area contributed by atoms with E-state index in [1.165, 1.54) is 44.6 Å². The Hall–Kier alpha value is -3.12. The Balaban J connectivity index is 1.73. The zero-order valence-corrected chi connectivity index (χ0v) is 22.5. The maximum atomic E-state index is 2.40. The van der Waals surface area contributed by atoms with E-state index in [0.29, 0.717) is 11.8 Å². The molecule has 0 saturated heterocycles. The van der Waals surface area contributed by atoms with Crippen LogP contribution in [0.5, 0.6) is 0 Å². The van der Waals surface area contributed by atoms with Crippen LogP contribution in [0.1, 0.15) is 71.1 Å². The van der Waals surface area contributed by atoms with Gasteiger partial charge >= 0.3 is 0 Å². The minimum Gasteiger partial charge on any atom is -0.0836 e. The number of fused-ring (bicyclic) bond motifs is 1. The van der Waals surface area contributed by atoms with Crippen molar-refractivity contribution in [3.63, 3.8) is 0 Å². The fourth-order valence-corrected chi connectivity index (χ4v) is 4.64. The minimum atomic E-state index is 0.501. The van der Waals surface area contributed by atoms with Crippen LogP contribution in [0, 0.1) is 11.8 Å². The van der Waals surface area contributed by atoms with Gasteiger partial charge in [0.25, 0.3) is 0 Å². The normalized spacial score (nSPS) is 19.4. The zero-order chi connectivity index (χ0) is 25.2. The Morgan fingerprint density at radius 2 is 1.86 bits per heavy atom. The highest BCUT2D eigenvalue weighted by Crippen LogP contribution is 2.30. The third kappa shape index (κ3) is 7.69. The van der Waals surface area contributed by atoms with Crippen molar-refractivity contribution in [3.05, 3.63) is 130 Å². The molecule has 0 heterocycles. The second-order valence-corrected chi connectivity index (χ2v) is 9.99. The molecule has 0 saturated carbocycles. The van der Waals surface area contributed by atoms with Gasteiger partial charge in [-0.15, -0.1) is 0 Å². The Morgan fingerprint density at radius 1 is 1.03 bits per heavy atom. The first-order chi connectivity index (χ1) is 16.9. The van der Waals surface area contributed by atoms with Gasteiger partial charge < -0.3 is 0 Å². The summed E-state index contributed by atoms with van der Waals surface area (Å²) < 4.78 is 0. The molecule has 0 fully saturated rings. The van der Waals surface area contributed by atoms with Crippen molar-refractivity contribution in [2.75, 3.05) is 0 Å². The van der Waals surface area contributed by atoms with E-state index < -0.39 is 0 Å². The topological polar surface area (TPSA) is 0 Å². The first-order valence-electron chi connectivity index (χ1n) is 13.2. The molecule has 0 bridgehead atoms. The molecule has 3 rings (SSSR count). The van der Waals surface area contributed by atoms with Crippen LogP contribution in [0.25, 0.3) is 11.6 Å². The van der Waals surface area contributed by atoms with Gasteiger partial charge in [0, 0.05) is 0 Å². The maximum absolute atomic E-state index is 2.40. The van der Waals surface area contributed by atoms with E-state index in [1.807, 2.05) is 0 Å². The number of aryl methyl sites for hydroxylation is 1. The maximum Gasteiger partial charge on any atom is -0.00693 e. The molecule has 2 aliphatic rings. The van der Waals surface area contributed by atoms with Crippen molar-refractivity contribution in [1.82, 2.24) is 0 Å². The third-order valence-corrected chi connectivity index (χ3v) is 6.49. The molecule has 1 atom stereocenters. The Morgan fingerprint density at radius 3 is 2.54 bits per heavy atom. The van der Waals surface area contributed by atoms with Crippen molar-refractivity contribution in [3.8, 4) is 0 Å². The van der Waals surface area contributed by atoms with Crippen LogP contribution in [-0.2, 0) is 6.42 Å². The smallest absolute Gasteiger partial charge is 0.00693 e. The molecular weight excluding hydrogens is 420 g/mol. The fourth-order valence-electron chi connectivity index (χ4n) is 4.64. The van der Waals surface area contributed by atoms with Crippen LogP contribution < -0.4 is 0 Å². The van der Waals surface area contributed by atoms with E-state index in [4.69, 9.17) is 0 Å². The highest BCUT2D eigenvalue weighted by atomic mass is 14.2. The minimum absolute atomic E-state index is 0.501. The van der Waals surface area contributed by atoms with Gasteiger partial charge in [0.2, 0.25) is 0 Å². The van der Waals surface area contributed by atoms with Crippen molar-refractivity contribution in [1.29, 1.82) is 0 Å². The second kappa shape index (κ2) is 13.1. The lowest BCUT2D eigenvalue weighted by molar-refractivity contribution is 0.834. The van der Waals surface area contributed by atoms with E-state index in [0.717, 1.165) is 19.3 Å². The van der Waals surface area contributed by atoms with Gasteiger partial charge in [0.05, 0.1) is 0 Å². The fraction of sp³-hybridized carbons (Fsp3) is 0.314. The molecule has 1 unspecified atom stereocenters. The number of benzene rings is 1. The van der Waals surface area contributed by atoms with Crippen LogP contribution in [0.4, 0.5) is 0 Å². The van der Waals surface area contributed by atoms with Gasteiger partial charge in [-0.1, -0.05) is 124 Å². The first kappa shape index (κ1) is 26.5. The van der Waals surface area contributed by atoms with Gasteiger partial charge in [-0.25, -0.2) is 0 Å². The zero-order valence-electron chi connectivity index (χ0n) is 22.5. The molecule has 0 aliphatic heterocycles. The van der Waals surface area contributed by atoms with E-state index in [-0.39, 0.29) is 0 Å². The Kier molecular flexibility index (Phi) is 9.91. The van der Waals surface area contributed by atoms with E-state index in [1.54, 1.807) is 0 Å². The average molecular weight is 463 g/mol. The largest absolute Gasteiger partial charge is 0.0836 e. The molecule has 0 nitrogen and oxygen atoms in total. The quantitative estimate of drug-likeness (QED) is 0.320. The SMILES string of the molecule is C/C=C(\C=C/C/C(C)=C/C(=C\C(C)C)c1cccc2c1C=CCC2)/C=C/C(=C\C)C1=CC(C)C=C1. The molecule has 0 amide bonds. The standard InChI is InChI=1S/C35H42/c1-7-29(20-22-30(8-2)32-21-19-28(6)24-32)14-11-13-27(5)25-33(23-26(3)4)35-18-12-16-31-15-9-10-17-34(31)35/h7-8,10-12,14,16-26,28H,9,13,15H2,1-6H3/b14-11-,22-20+,27-25+,29-7+,30-8+,33-23+. The van der Waals surface area contributed by atoms with E-state index in [2.05, 4.69) is 139 Å². The average Bonchev–Trinajstić information content (AvgIpc) is 3.28. The van der Waals surface area contributed by atoms with Crippen LogP contribution in [0.3, 0.4) is 0 Å². The molecule has 0 radical (unpaired) electrons. The second-order valence-electron chi connectivity index (χ2n) is 9.99. The lowest BCUT2D eigenvalue weighted by Gasteiger charge is -2.17. The lowest BCUT2D eigenvalue weighted by Crippen LogP contribution is -1.99. The monoisotopic (exact) mass is 462 g/mol. The first-order valence-corrected chi connectivity index (χ1v) is 13.2. The van der Waals surface area contributed by atoms with Gasteiger partial charge in [0.1, 0.15) is 0 Å². The van der Waals surface area contributed by atoms with Crippen LogP contribution in [0.2, 0.25) is 0 Å². The molecule has 182 valence electrons. The number of allylic oxidation sites excluding steroid dienone is 17. The molecule has 0 heteroatoms. The molecule has 1 aromatic rings. The van der Waals surface area contributed by atoms with E-state index in [9.17, 15) is 0 Å². The van der Waals surface area contributed by atoms with Crippen molar-refractivity contribution in [2.45, 2.75) is 60.8 Å². The number of hydrogen-bond donors (Lipinski definition) is 0. The summed E-state index contributed by atoms with van der Waals surface area (Å²) in [6, 6.07) is 6.77. The molecule has 2 aliphatic carbocycles. The molecule has 0 aromatic heterocycles. The van der Waals surface area contributed by atoms with Crippen LogP contribution >= 0.6 is 0 Å². The highest BCUT2D eigenvalue weighted by molar-refractivity contribution is 5.82. The molecular formula is C35H42. The molecule has 1 aromatic carbocycles. The highest BCUT2D eigenvalue weighted by Gasteiger charge is 2.12. The van der Waals surface area contributed by atoms with E-state index >= 15 is 0 Å². The summed E-state index contributed by atoms with van der Waals surface area (Å²) in [4.78, 5) is 0. The summed E-state index contributed by atoms with van der Waals surface area (Å²) in [6.45, 7) is 13.2. The van der Waals surface area contributed by atoms with Crippen molar-refractivity contribution >= 4 is 11.6 Å². The summed E-state index contributed by atoms with van der Waals surface area (Å²) in [5.74, 6) is 1.03. The Bertz CT molecular complexity index is 1160. The predicted molar refractivity (Wildman–Crippen MR) is 157 cm³/mol. The number of hydrogen-bond acceptors (Lipinski definition) is 0. The molecule has 0 spiro atoms. The third-order valence-electron chi connectivity index (χ3n) is 6.49. The summed E-state index contributed by atoms with van der Waals surface area (Å²) in [5, 5.41) is 0. The molecule has 0 N–H and O–H groups in total. The lowest BCUT2D eigenvalue weighted by atomic mass is 9.88. The van der Waals surface area contributed by atoms with Crippen LogP contribution in [0.15, 0.2) is 113 Å². The van der Waals surface area contributed by atoms with Gasteiger partial charge in [-0.05, 0) is 90.9 Å². The van der Waals surface area contributed by atoms with Gasteiger partial charge in [-0.3, -0.25) is 0 Å². The van der Waals surface area contributed by atoms with Crippen LogP contribution in [-0.4, -0.2) is 0 Å². The summed E-state index contributed by atoms with van der Waals surface area (Å²) >= 11 is 0. The summed E-state index contributed by atoms with van der Waals surface area (Å²) in [6.07, 6.45) is 32.8. The predicted octanol–water partition coefficient (Wildman–Crippen LogP) is 10.2.